The minimum Gasteiger partial charge on any atom is -0.493 e. The van der Waals surface area contributed by atoms with E-state index >= 15 is 0 Å². The van der Waals surface area contributed by atoms with Crippen LogP contribution >= 0.6 is 11.6 Å². The highest BCUT2D eigenvalue weighted by Gasteiger charge is 2.26. The fraction of sp³-hybridized carbons (Fsp3) is 0.381. The van der Waals surface area contributed by atoms with Gasteiger partial charge < -0.3 is 19.1 Å². The van der Waals surface area contributed by atoms with Crippen molar-refractivity contribution in [2.45, 2.75) is 19.4 Å². The monoisotopic (exact) mass is 387 g/mol. The molecule has 0 aliphatic carbocycles. The van der Waals surface area contributed by atoms with E-state index in [1.165, 1.54) is 0 Å². The molecule has 0 aromatic heterocycles. The summed E-state index contributed by atoms with van der Waals surface area (Å²) < 4.78 is 17.1. The number of morpholine rings is 1. The summed E-state index contributed by atoms with van der Waals surface area (Å²) in [7, 11) is 0. The standard InChI is InChI=1S/C21H22ClNO4/c1-14-10-17(3-4-19(14)22)27-13-18-12-23(7-9-25-18)21(24)16-2-5-20-15(11-16)6-8-26-20/h2-5,10-11,18H,6-9,12-13H2,1H3. The van der Waals surface area contributed by atoms with E-state index in [0.717, 1.165) is 29.0 Å². The van der Waals surface area contributed by atoms with Gasteiger partial charge in [0.05, 0.1) is 19.8 Å². The molecule has 2 aliphatic rings. The predicted molar refractivity (Wildman–Crippen MR) is 103 cm³/mol. The largest absolute Gasteiger partial charge is 0.493 e. The summed E-state index contributed by atoms with van der Waals surface area (Å²) in [5.74, 6) is 1.67. The zero-order valence-corrected chi connectivity index (χ0v) is 16.0. The van der Waals surface area contributed by atoms with Crippen molar-refractivity contribution in [3.05, 3.63) is 58.1 Å². The summed E-state index contributed by atoms with van der Waals surface area (Å²) in [5, 5.41) is 0.716. The molecule has 2 aromatic carbocycles. The Morgan fingerprint density at radius 2 is 2.15 bits per heavy atom. The van der Waals surface area contributed by atoms with Crippen molar-refractivity contribution in [3.63, 3.8) is 0 Å². The number of benzene rings is 2. The van der Waals surface area contributed by atoms with Crippen LogP contribution in [0.5, 0.6) is 11.5 Å². The van der Waals surface area contributed by atoms with Gasteiger partial charge in [-0.05, 0) is 54.4 Å². The van der Waals surface area contributed by atoms with Gasteiger partial charge in [-0.1, -0.05) is 11.6 Å². The number of hydrogen-bond acceptors (Lipinski definition) is 4. The quantitative estimate of drug-likeness (QED) is 0.805. The first-order valence-electron chi connectivity index (χ1n) is 9.16. The first-order chi connectivity index (χ1) is 13.1. The molecule has 2 heterocycles. The number of fused-ring (bicyclic) bond motifs is 1. The third-order valence-corrected chi connectivity index (χ3v) is 5.35. The highest BCUT2D eigenvalue weighted by Crippen LogP contribution is 2.27. The Morgan fingerprint density at radius 3 is 3.00 bits per heavy atom. The van der Waals surface area contributed by atoms with Gasteiger partial charge in [-0.2, -0.15) is 0 Å². The molecule has 4 rings (SSSR count). The van der Waals surface area contributed by atoms with Crippen molar-refractivity contribution in [1.29, 1.82) is 0 Å². The Bertz CT molecular complexity index is 854. The van der Waals surface area contributed by atoms with Crippen molar-refractivity contribution < 1.29 is 19.0 Å². The van der Waals surface area contributed by atoms with Gasteiger partial charge in [-0.25, -0.2) is 0 Å². The molecule has 27 heavy (non-hydrogen) atoms. The second-order valence-corrected chi connectivity index (χ2v) is 7.29. The number of amides is 1. The molecule has 1 unspecified atom stereocenters. The summed E-state index contributed by atoms with van der Waals surface area (Å²) in [6, 6.07) is 11.2. The SMILES string of the molecule is Cc1cc(OCC2CN(C(=O)c3ccc4c(c3)CCO4)CCO2)ccc1Cl. The third kappa shape index (κ3) is 4.04. The van der Waals surface area contributed by atoms with Gasteiger partial charge >= 0.3 is 0 Å². The van der Waals surface area contributed by atoms with Crippen LogP contribution in [0, 0.1) is 6.92 Å². The van der Waals surface area contributed by atoms with Crippen LogP contribution in [0.15, 0.2) is 36.4 Å². The molecule has 6 heteroatoms. The molecular weight excluding hydrogens is 366 g/mol. The molecule has 1 amide bonds. The van der Waals surface area contributed by atoms with E-state index in [1.54, 1.807) is 0 Å². The lowest BCUT2D eigenvalue weighted by Crippen LogP contribution is -2.47. The van der Waals surface area contributed by atoms with Crippen molar-refractivity contribution in [2.24, 2.45) is 0 Å². The summed E-state index contributed by atoms with van der Waals surface area (Å²) >= 11 is 6.04. The van der Waals surface area contributed by atoms with Crippen LogP contribution in [-0.2, 0) is 11.2 Å². The number of halogens is 1. The smallest absolute Gasteiger partial charge is 0.254 e. The number of hydrogen-bond donors (Lipinski definition) is 0. The highest BCUT2D eigenvalue weighted by atomic mass is 35.5. The fourth-order valence-corrected chi connectivity index (χ4v) is 3.52. The number of nitrogens with zero attached hydrogens (tertiary/aromatic N) is 1. The van der Waals surface area contributed by atoms with Gasteiger partial charge in [0, 0.05) is 23.6 Å². The van der Waals surface area contributed by atoms with Gasteiger partial charge in [0.25, 0.3) is 5.91 Å². The zero-order valence-electron chi connectivity index (χ0n) is 15.2. The van der Waals surface area contributed by atoms with Crippen LogP contribution in [0.1, 0.15) is 21.5 Å². The molecule has 5 nitrogen and oxygen atoms in total. The van der Waals surface area contributed by atoms with Crippen LogP contribution in [0.3, 0.4) is 0 Å². The molecular formula is C21H22ClNO4. The van der Waals surface area contributed by atoms with Gasteiger partial charge in [0.15, 0.2) is 0 Å². The number of aryl methyl sites for hydroxylation is 1. The summed E-state index contributed by atoms with van der Waals surface area (Å²) in [6.45, 7) is 4.63. The van der Waals surface area contributed by atoms with E-state index in [4.69, 9.17) is 25.8 Å². The molecule has 2 aromatic rings. The van der Waals surface area contributed by atoms with E-state index in [9.17, 15) is 4.79 Å². The van der Waals surface area contributed by atoms with E-state index in [-0.39, 0.29) is 12.0 Å². The third-order valence-electron chi connectivity index (χ3n) is 4.93. The summed E-state index contributed by atoms with van der Waals surface area (Å²) in [5.41, 5.74) is 2.78. The van der Waals surface area contributed by atoms with Crippen LogP contribution in [0.25, 0.3) is 0 Å². The molecule has 0 saturated carbocycles. The first-order valence-corrected chi connectivity index (χ1v) is 9.53. The minimum absolute atomic E-state index is 0.0281. The van der Waals surface area contributed by atoms with Crippen LogP contribution < -0.4 is 9.47 Å². The minimum atomic E-state index is -0.156. The molecule has 0 spiro atoms. The predicted octanol–water partition coefficient (Wildman–Crippen LogP) is 3.50. The van der Waals surface area contributed by atoms with Gasteiger partial charge in [0.1, 0.15) is 24.2 Å². The molecule has 142 valence electrons. The Morgan fingerprint density at radius 1 is 1.26 bits per heavy atom. The maximum absolute atomic E-state index is 12.9. The molecule has 1 atom stereocenters. The highest BCUT2D eigenvalue weighted by molar-refractivity contribution is 6.31. The normalized spacial score (nSPS) is 18.7. The number of rotatable bonds is 4. The van der Waals surface area contributed by atoms with Crippen LogP contribution in [0.2, 0.25) is 5.02 Å². The maximum atomic E-state index is 12.9. The van der Waals surface area contributed by atoms with Crippen molar-refractivity contribution in [1.82, 2.24) is 4.90 Å². The van der Waals surface area contributed by atoms with Crippen molar-refractivity contribution in [2.75, 3.05) is 32.9 Å². The van der Waals surface area contributed by atoms with Crippen molar-refractivity contribution in [3.8, 4) is 11.5 Å². The zero-order chi connectivity index (χ0) is 18.8. The molecule has 0 bridgehead atoms. The van der Waals surface area contributed by atoms with E-state index < -0.39 is 0 Å². The Balaban J connectivity index is 1.37. The average molecular weight is 388 g/mol. The van der Waals surface area contributed by atoms with Gasteiger partial charge in [-0.15, -0.1) is 0 Å². The lowest BCUT2D eigenvalue weighted by Gasteiger charge is -2.33. The van der Waals surface area contributed by atoms with Crippen LogP contribution in [0.4, 0.5) is 0 Å². The topological polar surface area (TPSA) is 48.0 Å². The Labute approximate surface area is 163 Å². The van der Waals surface area contributed by atoms with E-state index in [2.05, 4.69) is 0 Å². The summed E-state index contributed by atoms with van der Waals surface area (Å²) in [4.78, 5) is 14.7. The number of ether oxygens (including phenoxy) is 3. The van der Waals surface area contributed by atoms with Crippen LogP contribution in [-0.4, -0.2) is 49.8 Å². The van der Waals surface area contributed by atoms with E-state index in [1.807, 2.05) is 48.2 Å². The fourth-order valence-electron chi connectivity index (χ4n) is 3.40. The maximum Gasteiger partial charge on any atom is 0.254 e. The van der Waals surface area contributed by atoms with Gasteiger partial charge in [-0.3, -0.25) is 4.79 Å². The molecule has 2 aliphatic heterocycles. The lowest BCUT2D eigenvalue weighted by atomic mass is 10.1. The molecule has 1 fully saturated rings. The number of carbonyl (C=O) groups is 1. The second-order valence-electron chi connectivity index (χ2n) is 6.89. The molecule has 0 N–H and O–H groups in total. The number of carbonyl (C=O) groups excluding carboxylic acids is 1. The Kier molecular flexibility index (Phi) is 5.23. The molecule has 1 saturated heterocycles. The average Bonchev–Trinajstić information content (AvgIpc) is 3.16. The van der Waals surface area contributed by atoms with Gasteiger partial charge in [0.2, 0.25) is 0 Å². The van der Waals surface area contributed by atoms with E-state index in [0.29, 0.717) is 43.5 Å². The van der Waals surface area contributed by atoms with Crippen molar-refractivity contribution >= 4 is 17.5 Å². The first kappa shape index (κ1) is 18.1. The lowest BCUT2D eigenvalue weighted by molar-refractivity contribution is -0.0401. The summed E-state index contributed by atoms with van der Waals surface area (Å²) in [6.07, 6.45) is 0.702. The molecule has 0 radical (unpaired) electrons. The Hall–Kier alpha value is -2.24. The second kappa shape index (κ2) is 7.79.